The lowest BCUT2D eigenvalue weighted by molar-refractivity contribution is -0.128. The summed E-state index contributed by atoms with van der Waals surface area (Å²) in [4.78, 5) is 17.3. The van der Waals surface area contributed by atoms with E-state index in [0.29, 0.717) is 19.6 Å². The van der Waals surface area contributed by atoms with Crippen LogP contribution in [0, 0.1) is 0 Å². The normalized spacial score (nSPS) is 11.1. The van der Waals surface area contributed by atoms with E-state index >= 15 is 0 Å². The minimum Gasteiger partial charge on any atom is -0.466 e. The van der Waals surface area contributed by atoms with Crippen molar-refractivity contribution in [3.05, 3.63) is 30.1 Å². The molecule has 0 spiro atoms. The fraction of sp³-hybridized carbons (Fsp3) is 0.333. The molecule has 0 amide bonds. The third-order valence-electron chi connectivity index (χ3n) is 2.63. The van der Waals surface area contributed by atoms with Gasteiger partial charge in [0.25, 0.3) is 6.47 Å². The molecule has 2 aromatic rings. The van der Waals surface area contributed by atoms with Crippen LogP contribution >= 0.6 is 12.1 Å². The average molecular weight is 280 g/mol. The minimum atomic E-state index is 0.395. The Balaban J connectivity index is 1.79. The van der Waals surface area contributed by atoms with Gasteiger partial charge < -0.3 is 9.72 Å². The standard InChI is InChI=1S/C12H16N4O2S/c1-16(6-7-18-9-17)19-15-8-10-2-4-13-12-11(10)3-5-14-12/h2-5,9,15H,6-8H2,1H3,(H,13,14). The van der Waals surface area contributed by atoms with E-state index < -0.39 is 0 Å². The van der Waals surface area contributed by atoms with Gasteiger partial charge in [0.2, 0.25) is 0 Å². The Hall–Kier alpha value is -1.57. The van der Waals surface area contributed by atoms with Gasteiger partial charge in [-0.25, -0.2) is 14.0 Å². The molecular weight excluding hydrogens is 264 g/mol. The summed E-state index contributed by atoms with van der Waals surface area (Å²) in [6.07, 6.45) is 3.68. The van der Waals surface area contributed by atoms with Crippen LogP contribution in [-0.4, -0.2) is 40.9 Å². The van der Waals surface area contributed by atoms with E-state index in [4.69, 9.17) is 0 Å². The molecule has 0 aliphatic heterocycles. The van der Waals surface area contributed by atoms with Crippen LogP contribution < -0.4 is 4.72 Å². The summed E-state index contributed by atoms with van der Waals surface area (Å²) in [5.74, 6) is 0. The molecule has 2 heterocycles. The number of hydrogen-bond donors (Lipinski definition) is 2. The zero-order chi connectivity index (χ0) is 13.5. The van der Waals surface area contributed by atoms with Crippen LogP contribution in [-0.2, 0) is 16.1 Å². The number of H-pyrrole nitrogens is 1. The molecule has 102 valence electrons. The van der Waals surface area contributed by atoms with Crippen molar-refractivity contribution in [2.45, 2.75) is 6.54 Å². The molecule has 2 rings (SSSR count). The highest BCUT2D eigenvalue weighted by atomic mass is 32.2. The first-order valence-electron chi connectivity index (χ1n) is 5.88. The Morgan fingerprint density at radius 1 is 1.58 bits per heavy atom. The monoisotopic (exact) mass is 280 g/mol. The number of carbonyl (C=O) groups excluding carboxylic acids is 1. The van der Waals surface area contributed by atoms with Crippen molar-refractivity contribution in [1.29, 1.82) is 0 Å². The molecule has 0 saturated carbocycles. The van der Waals surface area contributed by atoms with Crippen LogP contribution in [0.4, 0.5) is 0 Å². The van der Waals surface area contributed by atoms with Crippen molar-refractivity contribution >= 4 is 29.6 Å². The Labute approximate surface area is 115 Å². The second-order valence-corrected chi connectivity index (χ2v) is 5.04. The number of rotatable bonds is 8. The Bertz CT molecular complexity index is 531. The van der Waals surface area contributed by atoms with Gasteiger partial charge in [-0.15, -0.1) is 0 Å². The SMILES string of the molecule is CN(CCOC=O)SNCc1ccnc2[nH]ccc12. The number of fused-ring (bicyclic) bond motifs is 1. The van der Waals surface area contributed by atoms with Gasteiger partial charge in [0.15, 0.2) is 0 Å². The predicted octanol–water partition coefficient (Wildman–Crippen LogP) is 1.32. The summed E-state index contributed by atoms with van der Waals surface area (Å²) < 4.78 is 9.88. The predicted molar refractivity (Wildman–Crippen MR) is 75.2 cm³/mol. The first kappa shape index (κ1) is 13.9. The Morgan fingerprint density at radius 3 is 3.32 bits per heavy atom. The lowest BCUT2D eigenvalue weighted by Crippen LogP contribution is -2.21. The summed E-state index contributed by atoms with van der Waals surface area (Å²) in [6.45, 7) is 2.27. The Morgan fingerprint density at radius 2 is 2.47 bits per heavy atom. The minimum absolute atomic E-state index is 0.395. The summed E-state index contributed by atoms with van der Waals surface area (Å²) in [5.41, 5.74) is 2.09. The molecular formula is C12H16N4O2S. The molecule has 0 atom stereocenters. The number of ether oxygens (including phenoxy) is 1. The number of aromatic amines is 1. The van der Waals surface area contributed by atoms with Gasteiger partial charge in [-0.2, -0.15) is 0 Å². The largest absolute Gasteiger partial charge is 0.466 e. The second-order valence-electron chi connectivity index (χ2n) is 3.94. The second kappa shape index (κ2) is 7.13. The van der Waals surface area contributed by atoms with E-state index in [1.807, 2.05) is 29.7 Å². The van der Waals surface area contributed by atoms with Gasteiger partial charge >= 0.3 is 0 Å². The van der Waals surface area contributed by atoms with E-state index in [0.717, 1.165) is 17.6 Å². The highest BCUT2D eigenvalue weighted by molar-refractivity contribution is 7.95. The highest BCUT2D eigenvalue weighted by Crippen LogP contribution is 2.15. The summed E-state index contributed by atoms with van der Waals surface area (Å²) in [5, 5.41) is 1.13. The molecule has 0 aromatic carbocycles. The van der Waals surface area contributed by atoms with Crippen molar-refractivity contribution in [2.24, 2.45) is 0 Å². The molecule has 0 unspecified atom stereocenters. The van der Waals surface area contributed by atoms with Crippen molar-refractivity contribution in [1.82, 2.24) is 19.0 Å². The molecule has 6 nitrogen and oxygen atoms in total. The number of likely N-dealkylation sites (N-methyl/N-ethyl adjacent to an activating group) is 1. The fourth-order valence-corrected chi connectivity index (χ4v) is 2.27. The van der Waals surface area contributed by atoms with Crippen molar-refractivity contribution in [3.8, 4) is 0 Å². The number of pyridine rings is 1. The van der Waals surface area contributed by atoms with Crippen LogP contribution in [0.25, 0.3) is 11.0 Å². The molecule has 0 bridgehead atoms. The first-order valence-corrected chi connectivity index (χ1v) is 6.66. The van der Waals surface area contributed by atoms with E-state index in [1.54, 1.807) is 6.20 Å². The first-order chi connectivity index (χ1) is 9.31. The highest BCUT2D eigenvalue weighted by Gasteiger charge is 2.03. The molecule has 7 heteroatoms. The number of nitrogens with zero attached hydrogens (tertiary/aromatic N) is 2. The molecule has 0 radical (unpaired) electrons. The van der Waals surface area contributed by atoms with Gasteiger partial charge in [-0.05, 0) is 24.7 Å². The molecule has 0 aliphatic carbocycles. The smallest absolute Gasteiger partial charge is 0.293 e. The van der Waals surface area contributed by atoms with Crippen LogP contribution in [0.3, 0.4) is 0 Å². The maximum atomic E-state index is 10.0. The van der Waals surface area contributed by atoms with Crippen LogP contribution in [0.5, 0.6) is 0 Å². The molecule has 2 aromatic heterocycles. The molecule has 2 N–H and O–H groups in total. The van der Waals surface area contributed by atoms with Gasteiger partial charge in [0.05, 0.1) is 0 Å². The van der Waals surface area contributed by atoms with Gasteiger partial charge in [0.1, 0.15) is 12.3 Å². The maximum Gasteiger partial charge on any atom is 0.293 e. The van der Waals surface area contributed by atoms with Gasteiger partial charge in [-0.1, -0.05) is 0 Å². The quantitative estimate of drug-likeness (QED) is 0.432. The van der Waals surface area contributed by atoms with Crippen molar-refractivity contribution in [2.75, 3.05) is 20.2 Å². The third kappa shape index (κ3) is 3.95. The van der Waals surface area contributed by atoms with E-state index in [-0.39, 0.29) is 0 Å². The molecule has 19 heavy (non-hydrogen) atoms. The number of hydrogen-bond acceptors (Lipinski definition) is 6. The van der Waals surface area contributed by atoms with Crippen molar-refractivity contribution < 1.29 is 9.53 Å². The topological polar surface area (TPSA) is 70.2 Å². The average Bonchev–Trinajstić information content (AvgIpc) is 2.88. The third-order valence-corrected chi connectivity index (χ3v) is 3.39. The van der Waals surface area contributed by atoms with Crippen molar-refractivity contribution in [3.63, 3.8) is 0 Å². The van der Waals surface area contributed by atoms with Gasteiger partial charge in [0, 0.05) is 43.0 Å². The summed E-state index contributed by atoms with van der Waals surface area (Å²) in [6, 6.07) is 4.02. The number of carbonyl (C=O) groups is 1. The molecule has 0 fully saturated rings. The number of aromatic nitrogens is 2. The summed E-state index contributed by atoms with van der Waals surface area (Å²) >= 11 is 1.49. The van der Waals surface area contributed by atoms with Crippen LogP contribution in [0.2, 0.25) is 0 Å². The summed E-state index contributed by atoms with van der Waals surface area (Å²) in [7, 11) is 1.93. The van der Waals surface area contributed by atoms with Crippen LogP contribution in [0.1, 0.15) is 5.56 Å². The maximum absolute atomic E-state index is 10.0. The lowest BCUT2D eigenvalue weighted by Gasteiger charge is -2.15. The zero-order valence-corrected chi connectivity index (χ0v) is 11.4. The number of nitrogens with one attached hydrogen (secondary N) is 2. The fourth-order valence-electron chi connectivity index (χ4n) is 1.67. The van der Waals surface area contributed by atoms with Gasteiger partial charge in [-0.3, -0.25) is 4.79 Å². The molecule has 0 aliphatic rings. The lowest BCUT2D eigenvalue weighted by atomic mass is 10.2. The van der Waals surface area contributed by atoms with Crippen LogP contribution in [0.15, 0.2) is 24.5 Å². The Kier molecular flexibility index (Phi) is 5.20. The zero-order valence-electron chi connectivity index (χ0n) is 10.6. The van der Waals surface area contributed by atoms with E-state index in [2.05, 4.69) is 19.4 Å². The molecule has 0 saturated heterocycles. The van der Waals surface area contributed by atoms with E-state index in [1.165, 1.54) is 17.7 Å². The van der Waals surface area contributed by atoms with E-state index in [9.17, 15) is 4.79 Å².